The van der Waals surface area contributed by atoms with E-state index in [1.807, 2.05) is 6.07 Å². The minimum atomic E-state index is -0.807. The van der Waals surface area contributed by atoms with Crippen LogP contribution in [0.1, 0.15) is 25.0 Å². The third-order valence-electron chi connectivity index (χ3n) is 3.29. The van der Waals surface area contributed by atoms with Gasteiger partial charge in [0, 0.05) is 25.9 Å². The van der Waals surface area contributed by atoms with E-state index in [0.717, 1.165) is 12.2 Å². The zero-order valence-electron chi connectivity index (χ0n) is 10.2. The molecule has 2 rings (SSSR count). The van der Waals surface area contributed by atoms with Crippen LogP contribution in [0.25, 0.3) is 0 Å². The number of nitrogens with zero attached hydrogens (tertiary/aromatic N) is 1. The molecule has 1 aliphatic heterocycles. The third-order valence-corrected chi connectivity index (χ3v) is 3.29. The SMILES string of the molecule is O=C(O)[C@H]1CCCN(C(=O)CCc2ccco2)C1. The molecule has 5 nitrogen and oxygen atoms in total. The lowest BCUT2D eigenvalue weighted by Gasteiger charge is -2.30. The molecule has 18 heavy (non-hydrogen) atoms. The van der Waals surface area contributed by atoms with Gasteiger partial charge in [-0.15, -0.1) is 0 Å². The zero-order chi connectivity index (χ0) is 13.0. The smallest absolute Gasteiger partial charge is 0.308 e. The summed E-state index contributed by atoms with van der Waals surface area (Å²) in [5.41, 5.74) is 0. The van der Waals surface area contributed by atoms with Crippen molar-refractivity contribution in [2.24, 2.45) is 5.92 Å². The number of hydrogen-bond donors (Lipinski definition) is 1. The molecule has 1 aromatic rings. The molecule has 0 aromatic carbocycles. The maximum Gasteiger partial charge on any atom is 0.308 e. The Morgan fingerprint density at radius 1 is 1.50 bits per heavy atom. The van der Waals surface area contributed by atoms with Crippen LogP contribution in [-0.2, 0) is 16.0 Å². The van der Waals surface area contributed by atoms with Crippen molar-refractivity contribution >= 4 is 11.9 Å². The fourth-order valence-electron chi connectivity index (χ4n) is 2.25. The van der Waals surface area contributed by atoms with E-state index in [1.165, 1.54) is 0 Å². The minimum absolute atomic E-state index is 0.0114. The van der Waals surface area contributed by atoms with E-state index < -0.39 is 11.9 Å². The topological polar surface area (TPSA) is 70.8 Å². The summed E-state index contributed by atoms with van der Waals surface area (Å²) in [4.78, 5) is 24.5. The first-order valence-corrected chi connectivity index (χ1v) is 6.20. The van der Waals surface area contributed by atoms with E-state index >= 15 is 0 Å². The lowest BCUT2D eigenvalue weighted by atomic mass is 9.98. The van der Waals surface area contributed by atoms with E-state index in [2.05, 4.69) is 0 Å². The van der Waals surface area contributed by atoms with E-state index in [0.29, 0.717) is 32.4 Å². The van der Waals surface area contributed by atoms with Crippen LogP contribution < -0.4 is 0 Å². The number of amides is 1. The molecule has 1 aliphatic rings. The predicted octanol–water partition coefficient (Wildman–Crippen LogP) is 1.54. The second kappa shape index (κ2) is 5.71. The van der Waals surface area contributed by atoms with Gasteiger partial charge in [-0.3, -0.25) is 9.59 Å². The number of carboxylic acids is 1. The molecule has 98 valence electrons. The molecule has 0 spiro atoms. The van der Waals surface area contributed by atoms with Crippen LogP contribution in [-0.4, -0.2) is 35.0 Å². The largest absolute Gasteiger partial charge is 0.481 e. The van der Waals surface area contributed by atoms with Gasteiger partial charge in [-0.25, -0.2) is 0 Å². The van der Waals surface area contributed by atoms with Gasteiger partial charge in [-0.05, 0) is 25.0 Å². The summed E-state index contributed by atoms with van der Waals surface area (Å²) in [7, 11) is 0. The number of likely N-dealkylation sites (tertiary alicyclic amines) is 1. The average Bonchev–Trinajstić information content (AvgIpc) is 2.89. The maximum atomic E-state index is 12.0. The van der Waals surface area contributed by atoms with Crippen LogP contribution in [0.5, 0.6) is 0 Å². The molecule has 2 heterocycles. The minimum Gasteiger partial charge on any atom is -0.481 e. The lowest BCUT2D eigenvalue weighted by molar-refractivity contribution is -0.145. The third kappa shape index (κ3) is 3.12. The van der Waals surface area contributed by atoms with Crippen molar-refractivity contribution < 1.29 is 19.1 Å². The Labute approximate surface area is 105 Å². The summed E-state index contributed by atoms with van der Waals surface area (Å²) >= 11 is 0. The van der Waals surface area contributed by atoms with Gasteiger partial charge >= 0.3 is 5.97 Å². The number of rotatable bonds is 4. The summed E-state index contributed by atoms with van der Waals surface area (Å²) in [6.45, 7) is 1.01. The molecule has 1 aromatic heterocycles. The van der Waals surface area contributed by atoms with Gasteiger partial charge in [0.2, 0.25) is 5.91 Å². The number of hydrogen-bond acceptors (Lipinski definition) is 3. The van der Waals surface area contributed by atoms with Crippen molar-refractivity contribution in [2.45, 2.75) is 25.7 Å². The Bertz CT molecular complexity index is 413. The highest BCUT2D eigenvalue weighted by molar-refractivity contribution is 5.78. The average molecular weight is 251 g/mol. The number of aryl methyl sites for hydroxylation is 1. The van der Waals surface area contributed by atoms with Crippen LogP contribution in [0.15, 0.2) is 22.8 Å². The van der Waals surface area contributed by atoms with E-state index in [1.54, 1.807) is 17.2 Å². The standard InChI is InChI=1S/C13H17NO4/c15-12(6-5-11-4-2-8-18-11)14-7-1-3-10(9-14)13(16)17/h2,4,8,10H,1,3,5-7,9H2,(H,16,17)/t10-/m0/s1. The van der Waals surface area contributed by atoms with Gasteiger partial charge in [-0.2, -0.15) is 0 Å². The summed E-state index contributed by atoms with van der Waals surface area (Å²) in [5, 5.41) is 8.96. The molecule has 0 bridgehead atoms. The highest BCUT2D eigenvalue weighted by atomic mass is 16.4. The normalized spacial score (nSPS) is 19.8. The predicted molar refractivity (Wildman–Crippen MR) is 64.0 cm³/mol. The van der Waals surface area contributed by atoms with Crippen LogP contribution in [0, 0.1) is 5.92 Å². The number of piperidine rings is 1. The first-order valence-electron chi connectivity index (χ1n) is 6.20. The van der Waals surface area contributed by atoms with Crippen LogP contribution >= 0.6 is 0 Å². The van der Waals surface area contributed by atoms with Crippen LogP contribution in [0.3, 0.4) is 0 Å². The van der Waals surface area contributed by atoms with Crippen molar-refractivity contribution in [1.82, 2.24) is 4.90 Å². The Morgan fingerprint density at radius 2 is 2.33 bits per heavy atom. The Balaban J connectivity index is 1.83. The number of carbonyl (C=O) groups is 2. The van der Waals surface area contributed by atoms with Crippen molar-refractivity contribution in [3.63, 3.8) is 0 Å². The monoisotopic (exact) mass is 251 g/mol. The summed E-state index contributed by atoms with van der Waals surface area (Å²) in [6.07, 6.45) is 3.96. The molecule has 1 N–H and O–H groups in total. The Hall–Kier alpha value is -1.78. The highest BCUT2D eigenvalue weighted by Gasteiger charge is 2.27. The van der Waals surface area contributed by atoms with Crippen molar-refractivity contribution in [3.8, 4) is 0 Å². The quantitative estimate of drug-likeness (QED) is 0.881. The van der Waals surface area contributed by atoms with Crippen LogP contribution in [0.4, 0.5) is 0 Å². The number of carboxylic acid groups (broad SMARTS) is 1. The molecule has 1 saturated heterocycles. The first-order chi connectivity index (χ1) is 8.66. The van der Waals surface area contributed by atoms with Crippen LogP contribution in [0.2, 0.25) is 0 Å². The molecule has 1 fully saturated rings. The molecular formula is C13H17NO4. The molecular weight excluding hydrogens is 234 g/mol. The highest BCUT2D eigenvalue weighted by Crippen LogP contribution is 2.18. The van der Waals surface area contributed by atoms with Gasteiger partial charge in [-0.1, -0.05) is 0 Å². The molecule has 1 atom stereocenters. The lowest BCUT2D eigenvalue weighted by Crippen LogP contribution is -2.42. The number of carbonyl (C=O) groups excluding carboxylic acids is 1. The second-order valence-corrected chi connectivity index (χ2v) is 4.60. The van der Waals surface area contributed by atoms with Gasteiger partial charge < -0.3 is 14.4 Å². The van der Waals surface area contributed by atoms with E-state index in [9.17, 15) is 9.59 Å². The van der Waals surface area contributed by atoms with Gasteiger partial charge in [0.25, 0.3) is 0 Å². The second-order valence-electron chi connectivity index (χ2n) is 4.60. The van der Waals surface area contributed by atoms with E-state index in [4.69, 9.17) is 9.52 Å². The van der Waals surface area contributed by atoms with E-state index in [-0.39, 0.29) is 5.91 Å². The van der Waals surface area contributed by atoms with Crippen molar-refractivity contribution in [3.05, 3.63) is 24.2 Å². The summed E-state index contributed by atoms with van der Waals surface area (Å²) in [6, 6.07) is 3.63. The van der Waals surface area contributed by atoms with Gasteiger partial charge in [0.1, 0.15) is 5.76 Å². The molecule has 0 radical (unpaired) electrons. The maximum absolute atomic E-state index is 12.0. The summed E-state index contributed by atoms with van der Waals surface area (Å²) < 4.78 is 5.17. The van der Waals surface area contributed by atoms with Crippen molar-refractivity contribution in [2.75, 3.05) is 13.1 Å². The Kier molecular flexibility index (Phi) is 4.02. The Morgan fingerprint density at radius 3 is 3.00 bits per heavy atom. The fourth-order valence-corrected chi connectivity index (χ4v) is 2.25. The number of aliphatic carboxylic acids is 1. The molecule has 5 heteroatoms. The fraction of sp³-hybridized carbons (Fsp3) is 0.538. The van der Waals surface area contributed by atoms with Crippen molar-refractivity contribution in [1.29, 1.82) is 0 Å². The zero-order valence-corrected chi connectivity index (χ0v) is 10.2. The summed E-state index contributed by atoms with van der Waals surface area (Å²) in [5.74, 6) is -0.419. The van der Waals surface area contributed by atoms with Gasteiger partial charge in [0.15, 0.2) is 0 Å². The molecule has 0 saturated carbocycles. The van der Waals surface area contributed by atoms with Gasteiger partial charge in [0.05, 0.1) is 12.2 Å². The molecule has 1 amide bonds. The molecule has 0 unspecified atom stereocenters. The number of furan rings is 1. The first kappa shape index (κ1) is 12.7. The molecule has 0 aliphatic carbocycles.